The van der Waals surface area contributed by atoms with Crippen LogP contribution < -0.4 is 11.0 Å². The summed E-state index contributed by atoms with van der Waals surface area (Å²) in [5.41, 5.74) is 8.29. The third kappa shape index (κ3) is 7.86. The molecule has 4 heterocycles. The highest BCUT2D eigenvalue weighted by molar-refractivity contribution is 5.93. The number of hydrogen-bond donors (Lipinski definition) is 3. The van der Waals surface area contributed by atoms with Crippen LogP contribution in [0.5, 0.6) is 0 Å². The van der Waals surface area contributed by atoms with E-state index in [2.05, 4.69) is 56.6 Å². The number of imidazole rings is 1. The molecule has 0 spiro atoms. The summed E-state index contributed by atoms with van der Waals surface area (Å²) in [5.74, 6) is -0.159. The molecule has 0 saturated carbocycles. The van der Waals surface area contributed by atoms with Crippen molar-refractivity contribution >= 4 is 16.9 Å². The number of amides is 1. The van der Waals surface area contributed by atoms with Crippen molar-refractivity contribution in [2.24, 2.45) is 0 Å². The number of hydrogen-bond acceptors (Lipinski definition) is 7. The highest BCUT2D eigenvalue weighted by atomic mass is 16.7. The summed E-state index contributed by atoms with van der Waals surface area (Å²) in [5, 5.41) is 12.6. The molecule has 4 aromatic carbocycles. The number of ether oxygens (including phenoxy) is 2. The lowest BCUT2D eigenvalue weighted by Gasteiger charge is -2.40. The molecule has 2 saturated heterocycles. The number of carbonyl (C=O) groups is 1. The van der Waals surface area contributed by atoms with Gasteiger partial charge in [-0.05, 0) is 71.0 Å². The van der Waals surface area contributed by atoms with Crippen molar-refractivity contribution in [3.8, 4) is 11.1 Å². The van der Waals surface area contributed by atoms with Crippen LogP contribution in [-0.4, -0.2) is 56.2 Å². The Bertz CT molecular complexity index is 2210. The van der Waals surface area contributed by atoms with Crippen molar-refractivity contribution in [3.05, 3.63) is 160 Å². The van der Waals surface area contributed by atoms with E-state index in [1.807, 2.05) is 65.2 Å². The van der Waals surface area contributed by atoms with E-state index in [0.717, 1.165) is 76.9 Å². The highest BCUT2D eigenvalue weighted by Gasteiger charge is 2.34. The first-order chi connectivity index (χ1) is 26.0. The van der Waals surface area contributed by atoms with E-state index in [1.165, 1.54) is 0 Å². The second-order valence-corrected chi connectivity index (χ2v) is 13.9. The first-order valence-electron chi connectivity index (χ1n) is 18.3. The molecule has 8 rings (SSSR count). The Kier molecular flexibility index (Phi) is 10.3. The quantitative estimate of drug-likeness (QED) is 0.145. The molecule has 1 amide bonds. The van der Waals surface area contributed by atoms with Crippen LogP contribution in [0.4, 0.5) is 0 Å². The smallest absolute Gasteiger partial charge is 0.326 e. The van der Waals surface area contributed by atoms with Crippen molar-refractivity contribution in [3.63, 3.8) is 0 Å². The van der Waals surface area contributed by atoms with E-state index in [4.69, 9.17) is 9.47 Å². The number of aromatic nitrogens is 3. The molecule has 0 aliphatic carbocycles. The number of likely N-dealkylation sites (tertiary alicyclic amines) is 1. The van der Waals surface area contributed by atoms with Crippen LogP contribution in [0.25, 0.3) is 22.2 Å². The van der Waals surface area contributed by atoms with Gasteiger partial charge in [0.05, 0.1) is 35.4 Å². The Labute approximate surface area is 308 Å². The van der Waals surface area contributed by atoms with Crippen molar-refractivity contribution in [2.45, 2.75) is 57.0 Å². The fourth-order valence-corrected chi connectivity index (χ4v) is 7.59. The summed E-state index contributed by atoms with van der Waals surface area (Å²) < 4.78 is 15.3. The maximum atomic E-state index is 12.9. The number of aliphatic hydroxyl groups is 1. The number of pyridine rings is 1. The molecule has 3 N–H and O–H groups in total. The summed E-state index contributed by atoms with van der Waals surface area (Å²) in [6.45, 7) is 2.92. The third-order valence-corrected chi connectivity index (χ3v) is 10.4. The zero-order valence-corrected chi connectivity index (χ0v) is 29.4. The van der Waals surface area contributed by atoms with Gasteiger partial charge in [-0.25, -0.2) is 4.79 Å². The molecule has 2 fully saturated rings. The number of H-pyrrole nitrogens is 1. The topological polar surface area (TPSA) is 122 Å². The Morgan fingerprint density at radius 2 is 1.64 bits per heavy atom. The fourth-order valence-electron chi connectivity index (χ4n) is 7.59. The molecule has 6 aromatic rings. The molecule has 2 aliphatic rings. The first kappa shape index (κ1) is 34.7. The number of carbonyl (C=O) groups excluding carboxylic acids is 1. The predicted molar refractivity (Wildman–Crippen MR) is 203 cm³/mol. The van der Waals surface area contributed by atoms with E-state index in [0.29, 0.717) is 18.5 Å². The van der Waals surface area contributed by atoms with Crippen LogP contribution in [0.3, 0.4) is 0 Å². The minimum atomic E-state index is -0.554. The molecule has 10 heteroatoms. The second kappa shape index (κ2) is 15.7. The van der Waals surface area contributed by atoms with Crippen LogP contribution in [-0.2, 0) is 22.6 Å². The molecule has 270 valence electrons. The van der Waals surface area contributed by atoms with E-state index in [9.17, 15) is 14.7 Å². The van der Waals surface area contributed by atoms with Gasteiger partial charge >= 0.3 is 5.69 Å². The molecular weight excluding hydrogens is 667 g/mol. The Morgan fingerprint density at radius 1 is 0.849 bits per heavy atom. The molecule has 53 heavy (non-hydrogen) atoms. The van der Waals surface area contributed by atoms with E-state index in [-0.39, 0.29) is 36.5 Å². The average Bonchev–Trinajstić information content (AvgIpc) is 3.56. The zero-order chi connectivity index (χ0) is 36.1. The normalized spacial score (nSPS) is 19.7. The lowest BCUT2D eigenvalue weighted by Crippen LogP contribution is -2.43. The fraction of sp³-hybridized carbons (Fsp3) is 0.279. The maximum absolute atomic E-state index is 12.9. The zero-order valence-electron chi connectivity index (χ0n) is 29.4. The van der Waals surface area contributed by atoms with Gasteiger partial charge in [-0.15, -0.1) is 0 Å². The average molecular weight is 710 g/mol. The van der Waals surface area contributed by atoms with Gasteiger partial charge < -0.3 is 29.8 Å². The number of rotatable bonds is 10. The minimum Gasteiger partial charge on any atom is -0.392 e. The minimum absolute atomic E-state index is 0.00388. The Morgan fingerprint density at radius 3 is 2.42 bits per heavy atom. The lowest BCUT2D eigenvalue weighted by atomic mass is 9.98. The van der Waals surface area contributed by atoms with Crippen LogP contribution in [0, 0.1) is 0 Å². The van der Waals surface area contributed by atoms with Crippen LogP contribution in [0.2, 0.25) is 0 Å². The number of piperidine rings is 1. The summed E-state index contributed by atoms with van der Waals surface area (Å²) in [7, 11) is 0. The van der Waals surface area contributed by atoms with Gasteiger partial charge in [0.15, 0.2) is 6.29 Å². The predicted octanol–water partition coefficient (Wildman–Crippen LogP) is 6.70. The van der Waals surface area contributed by atoms with Crippen molar-refractivity contribution in [2.75, 3.05) is 19.6 Å². The lowest BCUT2D eigenvalue weighted by molar-refractivity contribution is -0.253. The van der Waals surface area contributed by atoms with Crippen LogP contribution in [0.15, 0.2) is 126 Å². The highest BCUT2D eigenvalue weighted by Crippen LogP contribution is 2.39. The van der Waals surface area contributed by atoms with Crippen LogP contribution in [0.1, 0.15) is 70.3 Å². The molecule has 10 nitrogen and oxygen atoms in total. The molecular formula is C43H43N5O5. The Hall–Kier alpha value is -5.39. The van der Waals surface area contributed by atoms with Gasteiger partial charge in [0.2, 0.25) is 0 Å². The van der Waals surface area contributed by atoms with Crippen molar-refractivity contribution in [1.29, 1.82) is 0 Å². The van der Waals surface area contributed by atoms with Crippen LogP contribution >= 0.6 is 0 Å². The second-order valence-electron chi connectivity index (χ2n) is 13.9. The molecule has 3 atom stereocenters. The van der Waals surface area contributed by atoms with Gasteiger partial charge in [-0.1, -0.05) is 78.9 Å². The maximum Gasteiger partial charge on any atom is 0.326 e. The van der Waals surface area contributed by atoms with Gasteiger partial charge in [0.25, 0.3) is 5.91 Å². The molecule has 0 radical (unpaired) electrons. The van der Waals surface area contributed by atoms with Gasteiger partial charge in [0, 0.05) is 56.6 Å². The number of nitrogens with zero attached hydrogens (tertiary/aromatic N) is 3. The first-order valence-corrected chi connectivity index (χ1v) is 18.3. The third-order valence-electron chi connectivity index (χ3n) is 10.4. The van der Waals surface area contributed by atoms with E-state index >= 15 is 0 Å². The molecule has 2 aromatic heterocycles. The number of nitrogens with one attached hydrogen (secondary N) is 2. The monoisotopic (exact) mass is 709 g/mol. The van der Waals surface area contributed by atoms with Gasteiger partial charge in [0.1, 0.15) is 0 Å². The van der Waals surface area contributed by atoms with E-state index < -0.39 is 6.29 Å². The SMILES string of the molecule is O=C(NCc1cccc(-c2ccc(C3OC(CN4CCC(n5c(=O)[nH]c6ccccc65)CC4)CC(c4ccc(CO)cc4)O3)cc2)c1)c1cccnc1. The summed E-state index contributed by atoms with van der Waals surface area (Å²) >= 11 is 0. The Balaban J connectivity index is 0.951. The number of benzene rings is 4. The molecule has 3 unspecified atom stereocenters. The van der Waals surface area contributed by atoms with Crippen molar-refractivity contribution < 1.29 is 19.4 Å². The number of fused-ring (bicyclic) bond motifs is 1. The number of aromatic amines is 1. The number of para-hydroxylation sites is 2. The standard InChI is InChI=1S/C43H43N5O5/c49-28-29-10-12-32(13-11-29)40-24-37(27-47-21-18-36(19-22-47)48-39-9-2-1-8-38(39)46-43(48)51)52-42(53-40)33-16-14-31(15-17-33)34-6-3-5-30(23-34)25-45-41(50)35-7-4-20-44-26-35/h1-17,20,23,26,36-37,40,42,49H,18-19,21-22,24-25,27-28H2,(H,45,50)(H,46,51). The molecule has 2 aliphatic heterocycles. The van der Waals surface area contributed by atoms with Gasteiger partial charge in [-0.3, -0.25) is 14.3 Å². The summed E-state index contributed by atoms with van der Waals surface area (Å²) in [6, 6.07) is 36.0. The number of aliphatic hydroxyl groups excluding tert-OH is 1. The van der Waals surface area contributed by atoms with Gasteiger partial charge in [-0.2, -0.15) is 0 Å². The van der Waals surface area contributed by atoms with E-state index in [1.54, 1.807) is 24.5 Å². The summed E-state index contributed by atoms with van der Waals surface area (Å²) in [6.07, 6.45) is 4.90. The van der Waals surface area contributed by atoms with Crippen molar-refractivity contribution in [1.82, 2.24) is 24.8 Å². The summed E-state index contributed by atoms with van der Waals surface area (Å²) in [4.78, 5) is 34.9. The molecule has 0 bridgehead atoms. The largest absolute Gasteiger partial charge is 0.392 e.